The largest absolute Gasteiger partial charge is 0.416 e. The molecule has 0 radical (unpaired) electrons. The van der Waals surface area contributed by atoms with Gasteiger partial charge in [-0.05, 0) is 55.2 Å². The predicted molar refractivity (Wildman–Crippen MR) is 108 cm³/mol. The quantitative estimate of drug-likeness (QED) is 0.696. The van der Waals surface area contributed by atoms with Crippen molar-refractivity contribution >= 4 is 17.8 Å². The van der Waals surface area contributed by atoms with Crippen LogP contribution in [0.25, 0.3) is 0 Å². The Labute approximate surface area is 179 Å². The first-order valence-electron chi connectivity index (χ1n) is 10.3. The van der Waals surface area contributed by atoms with E-state index >= 15 is 0 Å². The van der Waals surface area contributed by atoms with Crippen LogP contribution in [-0.2, 0) is 15.8 Å². The van der Waals surface area contributed by atoms with E-state index in [9.17, 15) is 27.6 Å². The zero-order valence-corrected chi connectivity index (χ0v) is 18.1. The van der Waals surface area contributed by atoms with Crippen molar-refractivity contribution in [2.24, 2.45) is 11.3 Å². The van der Waals surface area contributed by atoms with E-state index in [0.29, 0.717) is 12.8 Å². The summed E-state index contributed by atoms with van der Waals surface area (Å²) in [5.74, 6) is -0.796. The van der Waals surface area contributed by atoms with Gasteiger partial charge in [0.05, 0.1) is 11.6 Å². The van der Waals surface area contributed by atoms with Crippen LogP contribution in [-0.4, -0.2) is 34.8 Å². The van der Waals surface area contributed by atoms with Crippen LogP contribution in [0.15, 0.2) is 24.3 Å². The molecule has 1 aliphatic heterocycles. The van der Waals surface area contributed by atoms with Gasteiger partial charge < -0.3 is 10.6 Å². The van der Waals surface area contributed by atoms with E-state index in [4.69, 9.17) is 0 Å². The Morgan fingerprint density at radius 2 is 1.97 bits per heavy atom. The second-order valence-electron chi connectivity index (χ2n) is 9.67. The second-order valence-corrected chi connectivity index (χ2v) is 9.67. The molecule has 1 aliphatic carbocycles. The van der Waals surface area contributed by atoms with E-state index in [-0.39, 0.29) is 16.9 Å². The average Bonchev–Trinajstić information content (AvgIpc) is 2.82. The van der Waals surface area contributed by atoms with Crippen LogP contribution < -0.4 is 10.6 Å². The second kappa shape index (κ2) is 7.84. The standard InChI is InChI=1S/C22H28F3N3O3/c1-13-9-20(3,4)12-21(10-13)18(30)28(19(31)27-21)11-17(29)26-14(2)15-6-5-7-16(8-15)22(23,24)25/h5-8,13-14H,9-12H2,1-4H3,(H,26,29)(H,27,31). The zero-order chi connectivity index (χ0) is 23.2. The van der Waals surface area contributed by atoms with Crippen molar-refractivity contribution in [1.82, 2.24) is 15.5 Å². The summed E-state index contributed by atoms with van der Waals surface area (Å²) >= 11 is 0. The van der Waals surface area contributed by atoms with Crippen molar-refractivity contribution in [3.05, 3.63) is 35.4 Å². The number of hydrogen-bond acceptors (Lipinski definition) is 3. The smallest absolute Gasteiger partial charge is 0.348 e. The number of nitrogens with zero attached hydrogens (tertiary/aromatic N) is 1. The van der Waals surface area contributed by atoms with E-state index in [1.54, 1.807) is 6.92 Å². The fraction of sp³-hybridized carbons (Fsp3) is 0.591. The van der Waals surface area contributed by atoms with Gasteiger partial charge in [0.25, 0.3) is 5.91 Å². The molecule has 1 aromatic rings. The van der Waals surface area contributed by atoms with Gasteiger partial charge in [0, 0.05) is 0 Å². The Hall–Kier alpha value is -2.58. The molecule has 6 nitrogen and oxygen atoms in total. The van der Waals surface area contributed by atoms with Crippen LogP contribution in [0.4, 0.5) is 18.0 Å². The minimum absolute atomic E-state index is 0.128. The highest BCUT2D eigenvalue weighted by atomic mass is 19.4. The van der Waals surface area contributed by atoms with Crippen molar-refractivity contribution in [2.45, 2.75) is 64.7 Å². The molecule has 2 N–H and O–H groups in total. The third-order valence-corrected chi connectivity index (χ3v) is 6.02. The number of benzene rings is 1. The van der Waals surface area contributed by atoms with Crippen LogP contribution >= 0.6 is 0 Å². The Balaban J connectivity index is 1.68. The first-order chi connectivity index (χ1) is 14.2. The van der Waals surface area contributed by atoms with Crippen LogP contribution in [0, 0.1) is 11.3 Å². The highest BCUT2D eigenvalue weighted by Crippen LogP contribution is 2.46. The van der Waals surface area contributed by atoms with E-state index < -0.39 is 47.7 Å². The van der Waals surface area contributed by atoms with Crippen LogP contribution in [0.1, 0.15) is 64.1 Å². The van der Waals surface area contributed by atoms with Gasteiger partial charge in [-0.1, -0.05) is 32.9 Å². The van der Waals surface area contributed by atoms with E-state index in [0.717, 1.165) is 23.5 Å². The van der Waals surface area contributed by atoms with Crippen molar-refractivity contribution < 1.29 is 27.6 Å². The number of rotatable bonds is 4. The molecular formula is C22H28F3N3O3. The number of amides is 4. The lowest BCUT2D eigenvalue weighted by Crippen LogP contribution is -2.54. The fourth-order valence-electron chi connectivity index (χ4n) is 5.15. The van der Waals surface area contributed by atoms with Crippen molar-refractivity contribution in [3.8, 4) is 0 Å². The Morgan fingerprint density at radius 3 is 2.58 bits per heavy atom. The maximum absolute atomic E-state index is 13.1. The number of imide groups is 1. The third-order valence-electron chi connectivity index (χ3n) is 6.02. The summed E-state index contributed by atoms with van der Waals surface area (Å²) in [6, 6.07) is 3.34. The molecule has 2 aliphatic rings. The summed E-state index contributed by atoms with van der Waals surface area (Å²) < 4.78 is 38.8. The third kappa shape index (κ3) is 4.85. The average molecular weight is 439 g/mol. The number of alkyl halides is 3. The van der Waals surface area contributed by atoms with Gasteiger partial charge >= 0.3 is 12.2 Å². The summed E-state index contributed by atoms with van der Waals surface area (Å²) in [5, 5.41) is 5.38. The van der Waals surface area contributed by atoms with Gasteiger partial charge in [0.15, 0.2) is 0 Å². The molecule has 3 atom stereocenters. The molecule has 0 aromatic heterocycles. The molecule has 170 valence electrons. The van der Waals surface area contributed by atoms with E-state index in [1.165, 1.54) is 12.1 Å². The van der Waals surface area contributed by atoms with E-state index in [2.05, 4.69) is 24.5 Å². The molecule has 3 rings (SSSR count). The predicted octanol–water partition coefficient (Wildman–Crippen LogP) is 4.02. The SMILES string of the molecule is CC1CC(C)(C)CC2(C1)NC(=O)N(CC(=O)NC(C)c1cccc(C(F)(F)F)c1)C2=O. The van der Waals surface area contributed by atoms with Gasteiger partial charge in [0.2, 0.25) is 5.91 Å². The highest BCUT2D eigenvalue weighted by Gasteiger charge is 2.56. The summed E-state index contributed by atoms with van der Waals surface area (Å²) in [6.07, 6.45) is -2.54. The molecule has 1 spiro atoms. The molecule has 4 amide bonds. The van der Waals surface area contributed by atoms with Gasteiger partial charge in [-0.2, -0.15) is 13.2 Å². The number of carbonyl (C=O) groups excluding carboxylic acids is 3. The molecule has 1 saturated heterocycles. The van der Waals surface area contributed by atoms with Crippen molar-refractivity contribution in [1.29, 1.82) is 0 Å². The van der Waals surface area contributed by atoms with Gasteiger partial charge in [-0.25, -0.2) is 4.79 Å². The molecule has 31 heavy (non-hydrogen) atoms. The first kappa shape index (κ1) is 23.1. The normalized spacial score (nSPS) is 26.7. The first-order valence-corrected chi connectivity index (χ1v) is 10.3. The van der Waals surface area contributed by atoms with Gasteiger partial charge in [0.1, 0.15) is 12.1 Å². The number of urea groups is 1. The van der Waals surface area contributed by atoms with E-state index in [1.807, 2.05) is 6.92 Å². The van der Waals surface area contributed by atoms with Crippen LogP contribution in [0.5, 0.6) is 0 Å². The monoisotopic (exact) mass is 439 g/mol. The molecule has 1 aromatic carbocycles. The van der Waals surface area contributed by atoms with Crippen LogP contribution in [0.2, 0.25) is 0 Å². The lowest BCUT2D eigenvalue weighted by molar-refractivity contribution is -0.138. The summed E-state index contributed by atoms with van der Waals surface area (Å²) in [4.78, 5) is 39.0. The minimum atomic E-state index is -4.49. The lowest BCUT2D eigenvalue weighted by atomic mass is 9.64. The maximum atomic E-state index is 13.1. The number of nitrogens with one attached hydrogen (secondary N) is 2. The molecule has 9 heteroatoms. The van der Waals surface area contributed by atoms with Crippen molar-refractivity contribution in [3.63, 3.8) is 0 Å². The molecular weight excluding hydrogens is 411 g/mol. The number of carbonyl (C=O) groups is 3. The Kier molecular flexibility index (Phi) is 5.84. The summed E-state index contributed by atoms with van der Waals surface area (Å²) in [7, 11) is 0. The highest BCUT2D eigenvalue weighted by molar-refractivity contribution is 6.09. The Morgan fingerprint density at radius 1 is 1.29 bits per heavy atom. The van der Waals surface area contributed by atoms with Crippen LogP contribution in [0.3, 0.4) is 0 Å². The number of halogens is 3. The molecule has 2 fully saturated rings. The topological polar surface area (TPSA) is 78.5 Å². The lowest BCUT2D eigenvalue weighted by Gasteiger charge is -2.43. The minimum Gasteiger partial charge on any atom is -0.348 e. The Bertz CT molecular complexity index is 899. The maximum Gasteiger partial charge on any atom is 0.416 e. The number of hydrogen-bond donors (Lipinski definition) is 2. The van der Waals surface area contributed by atoms with Crippen molar-refractivity contribution in [2.75, 3.05) is 6.54 Å². The fourth-order valence-corrected chi connectivity index (χ4v) is 5.15. The molecule has 1 heterocycles. The zero-order valence-electron chi connectivity index (χ0n) is 18.1. The molecule has 3 unspecified atom stereocenters. The van der Waals surface area contributed by atoms with Gasteiger partial charge in [-0.15, -0.1) is 0 Å². The summed E-state index contributed by atoms with van der Waals surface area (Å²) in [5.41, 5.74) is -1.67. The molecule has 0 bridgehead atoms. The summed E-state index contributed by atoms with van der Waals surface area (Å²) in [6.45, 7) is 7.21. The van der Waals surface area contributed by atoms with Gasteiger partial charge in [-0.3, -0.25) is 14.5 Å². The molecule has 1 saturated carbocycles.